The number of hydrogen-bond acceptors (Lipinski definition) is 6. The molecule has 4 heterocycles. The van der Waals surface area contributed by atoms with Gasteiger partial charge in [0.15, 0.2) is 0 Å². The summed E-state index contributed by atoms with van der Waals surface area (Å²) in [5.41, 5.74) is -0.374. The Bertz CT molecular complexity index is 1050. The minimum absolute atomic E-state index is 0.107. The molecule has 3 aromatic heterocycles. The van der Waals surface area contributed by atoms with Crippen molar-refractivity contribution < 1.29 is 23.0 Å². The van der Waals surface area contributed by atoms with E-state index in [2.05, 4.69) is 20.3 Å². The summed E-state index contributed by atoms with van der Waals surface area (Å²) in [6.07, 6.45) is -0.790. The van der Waals surface area contributed by atoms with Crippen molar-refractivity contribution in [2.24, 2.45) is 0 Å². The number of anilines is 1. The highest BCUT2D eigenvalue weighted by atomic mass is 19.4. The van der Waals surface area contributed by atoms with E-state index in [9.17, 15) is 18.3 Å². The standard InChI is InChI=1S/C20H19F3N4O2/c1-12-15(20(21,22)23)4-5-16(27-12)14-9-25-18(13-3-2-7-24-17(13)14)26-10-19(28)6-8-29-11-19/h2-5,7,9,28H,6,8,10-11H2,1H3,(H,25,26). The lowest BCUT2D eigenvalue weighted by atomic mass is 10.0. The summed E-state index contributed by atoms with van der Waals surface area (Å²) in [4.78, 5) is 12.9. The van der Waals surface area contributed by atoms with Gasteiger partial charge in [-0.2, -0.15) is 13.2 Å². The number of fused-ring (bicyclic) bond motifs is 1. The monoisotopic (exact) mass is 404 g/mol. The van der Waals surface area contributed by atoms with Gasteiger partial charge in [0.2, 0.25) is 0 Å². The molecule has 2 N–H and O–H groups in total. The Labute approximate surface area is 164 Å². The van der Waals surface area contributed by atoms with E-state index in [1.165, 1.54) is 19.2 Å². The van der Waals surface area contributed by atoms with E-state index in [4.69, 9.17) is 4.74 Å². The number of aryl methyl sites for hydroxylation is 1. The number of rotatable bonds is 4. The lowest BCUT2D eigenvalue weighted by Gasteiger charge is -2.21. The van der Waals surface area contributed by atoms with Crippen LogP contribution in [0.3, 0.4) is 0 Å². The van der Waals surface area contributed by atoms with Crippen molar-refractivity contribution >= 4 is 16.7 Å². The fourth-order valence-electron chi connectivity index (χ4n) is 3.39. The Morgan fingerprint density at radius 1 is 1.24 bits per heavy atom. The summed E-state index contributed by atoms with van der Waals surface area (Å²) >= 11 is 0. The van der Waals surface area contributed by atoms with Gasteiger partial charge in [0.25, 0.3) is 0 Å². The van der Waals surface area contributed by atoms with Crippen LogP contribution in [0, 0.1) is 6.92 Å². The highest BCUT2D eigenvalue weighted by Crippen LogP contribution is 2.34. The first-order valence-corrected chi connectivity index (χ1v) is 9.10. The van der Waals surface area contributed by atoms with Gasteiger partial charge < -0.3 is 15.2 Å². The molecule has 1 saturated heterocycles. The highest BCUT2D eigenvalue weighted by molar-refractivity contribution is 5.98. The zero-order valence-corrected chi connectivity index (χ0v) is 15.6. The molecule has 1 unspecified atom stereocenters. The average Bonchev–Trinajstić information content (AvgIpc) is 3.12. The largest absolute Gasteiger partial charge is 0.418 e. The molecule has 152 valence electrons. The number of alkyl halides is 3. The number of pyridine rings is 3. The van der Waals surface area contributed by atoms with Crippen LogP contribution in [0.25, 0.3) is 22.2 Å². The van der Waals surface area contributed by atoms with Crippen molar-refractivity contribution in [3.05, 3.63) is 47.9 Å². The summed E-state index contributed by atoms with van der Waals surface area (Å²) in [5.74, 6) is 0.529. The van der Waals surface area contributed by atoms with E-state index in [1.54, 1.807) is 12.3 Å². The van der Waals surface area contributed by atoms with E-state index in [1.807, 2.05) is 6.07 Å². The summed E-state index contributed by atoms with van der Waals surface area (Å²) in [7, 11) is 0. The van der Waals surface area contributed by atoms with Crippen LogP contribution in [-0.2, 0) is 10.9 Å². The predicted octanol–water partition coefficient (Wildman–Crippen LogP) is 3.58. The number of nitrogens with zero attached hydrogens (tertiary/aromatic N) is 3. The van der Waals surface area contributed by atoms with Gasteiger partial charge in [-0.1, -0.05) is 0 Å². The van der Waals surface area contributed by atoms with Gasteiger partial charge in [0.05, 0.1) is 29.1 Å². The second kappa shape index (κ2) is 7.23. The minimum atomic E-state index is -4.45. The SMILES string of the molecule is Cc1nc(-c2cnc(NCC3(O)CCOC3)c3cccnc23)ccc1C(F)(F)F. The molecule has 0 saturated carbocycles. The maximum absolute atomic E-state index is 13.0. The molecule has 0 amide bonds. The maximum Gasteiger partial charge on any atom is 0.418 e. The first-order valence-electron chi connectivity index (χ1n) is 9.10. The third kappa shape index (κ3) is 3.88. The van der Waals surface area contributed by atoms with E-state index in [0.29, 0.717) is 41.0 Å². The second-order valence-electron chi connectivity index (χ2n) is 7.13. The van der Waals surface area contributed by atoms with E-state index in [-0.39, 0.29) is 18.8 Å². The van der Waals surface area contributed by atoms with Crippen molar-refractivity contribution in [3.8, 4) is 11.3 Å². The topological polar surface area (TPSA) is 80.2 Å². The number of aliphatic hydroxyl groups is 1. The minimum Gasteiger partial charge on any atom is -0.386 e. The molecule has 9 heteroatoms. The van der Waals surface area contributed by atoms with Crippen molar-refractivity contribution in [1.29, 1.82) is 0 Å². The van der Waals surface area contributed by atoms with Crippen LogP contribution < -0.4 is 5.32 Å². The van der Waals surface area contributed by atoms with Crippen LogP contribution in [0.5, 0.6) is 0 Å². The predicted molar refractivity (Wildman–Crippen MR) is 101 cm³/mol. The van der Waals surface area contributed by atoms with Crippen molar-refractivity contribution in [2.75, 3.05) is 25.1 Å². The number of halogens is 3. The van der Waals surface area contributed by atoms with E-state index < -0.39 is 17.3 Å². The Morgan fingerprint density at radius 3 is 2.76 bits per heavy atom. The number of ether oxygens (including phenoxy) is 1. The average molecular weight is 404 g/mol. The van der Waals surface area contributed by atoms with Gasteiger partial charge in [0, 0.05) is 42.9 Å². The molecule has 29 heavy (non-hydrogen) atoms. The lowest BCUT2D eigenvalue weighted by molar-refractivity contribution is -0.138. The third-order valence-electron chi connectivity index (χ3n) is 4.98. The van der Waals surface area contributed by atoms with E-state index >= 15 is 0 Å². The van der Waals surface area contributed by atoms with Gasteiger partial charge in [-0.15, -0.1) is 0 Å². The fourth-order valence-corrected chi connectivity index (χ4v) is 3.39. The summed E-state index contributed by atoms with van der Waals surface area (Å²) in [5, 5.41) is 14.3. The Morgan fingerprint density at radius 2 is 2.07 bits per heavy atom. The zero-order valence-electron chi connectivity index (χ0n) is 15.6. The van der Waals surface area contributed by atoms with Gasteiger partial charge >= 0.3 is 6.18 Å². The molecule has 0 aromatic carbocycles. The second-order valence-corrected chi connectivity index (χ2v) is 7.13. The first-order chi connectivity index (χ1) is 13.8. The third-order valence-corrected chi connectivity index (χ3v) is 4.98. The molecule has 1 atom stereocenters. The zero-order chi connectivity index (χ0) is 20.6. The summed E-state index contributed by atoms with van der Waals surface area (Å²) < 4.78 is 44.3. The van der Waals surface area contributed by atoms with Crippen LogP contribution in [0.15, 0.2) is 36.7 Å². The number of hydrogen-bond donors (Lipinski definition) is 2. The Hall–Kier alpha value is -2.78. The molecular formula is C20H19F3N4O2. The highest BCUT2D eigenvalue weighted by Gasteiger charge is 2.33. The molecule has 3 aromatic rings. The smallest absolute Gasteiger partial charge is 0.386 e. The molecule has 6 nitrogen and oxygen atoms in total. The molecule has 1 fully saturated rings. The van der Waals surface area contributed by atoms with Crippen LogP contribution in [0.2, 0.25) is 0 Å². The first kappa shape index (κ1) is 19.5. The van der Waals surface area contributed by atoms with Gasteiger partial charge in [0.1, 0.15) is 11.4 Å². The van der Waals surface area contributed by atoms with Gasteiger partial charge in [-0.05, 0) is 31.2 Å². The summed E-state index contributed by atoms with van der Waals surface area (Å²) in [6, 6.07) is 5.91. The molecule has 0 aliphatic carbocycles. The quantitative estimate of drug-likeness (QED) is 0.692. The number of nitrogens with one attached hydrogen (secondary N) is 1. The van der Waals surface area contributed by atoms with E-state index in [0.717, 1.165) is 6.07 Å². The Kier molecular flexibility index (Phi) is 4.87. The number of aromatic nitrogens is 3. The van der Waals surface area contributed by atoms with Crippen LogP contribution in [-0.4, -0.2) is 45.4 Å². The molecule has 0 bridgehead atoms. The Balaban J connectivity index is 1.71. The fraction of sp³-hybridized carbons (Fsp3) is 0.350. The maximum atomic E-state index is 13.0. The molecular weight excluding hydrogens is 385 g/mol. The molecule has 0 spiro atoms. The van der Waals surface area contributed by atoms with Crippen LogP contribution >= 0.6 is 0 Å². The van der Waals surface area contributed by atoms with Crippen molar-refractivity contribution in [2.45, 2.75) is 25.1 Å². The molecule has 1 aliphatic heterocycles. The lowest BCUT2D eigenvalue weighted by Crippen LogP contribution is -2.37. The summed E-state index contributed by atoms with van der Waals surface area (Å²) in [6.45, 7) is 2.35. The van der Waals surface area contributed by atoms with Crippen LogP contribution in [0.1, 0.15) is 17.7 Å². The molecule has 1 aliphatic rings. The normalized spacial score (nSPS) is 19.6. The molecule has 4 rings (SSSR count). The molecule has 0 radical (unpaired) electrons. The van der Waals surface area contributed by atoms with Gasteiger partial charge in [-0.25, -0.2) is 4.98 Å². The van der Waals surface area contributed by atoms with Crippen LogP contribution in [0.4, 0.5) is 19.0 Å². The van der Waals surface area contributed by atoms with Crippen molar-refractivity contribution in [1.82, 2.24) is 15.0 Å². The van der Waals surface area contributed by atoms with Gasteiger partial charge in [-0.3, -0.25) is 9.97 Å². The van der Waals surface area contributed by atoms with Crippen molar-refractivity contribution in [3.63, 3.8) is 0 Å².